The molecule has 0 spiro atoms. The zero-order chi connectivity index (χ0) is 14.1. The van der Waals surface area contributed by atoms with Crippen LogP contribution in [0.5, 0.6) is 0 Å². The summed E-state index contributed by atoms with van der Waals surface area (Å²) in [6, 6.07) is 3.32. The van der Waals surface area contributed by atoms with E-state index in [1.54, 1.807) is 6.20 Å². The smallest absolute Gasteiger partial charge is 0.427 e. The first-order valence-corrected chi connectivity index (χ1v) is 6.55. The Labute approximate surface area is 116 Å². The first-order chi connectivity index (χ1) is 9.65. The largest absolute Gasteiger partial charge is 0.459 e. The van der Waals surface area contributed by atoms with E-state index in [9.17, 15) is 4.79 Å². The minimum absolute atomic E-state index is 0.00846. The van der Waals surface area contributed by atoms with Crippen LogP contribution in [0.4, 0.5) is 0 Å². The van der Waals surface area contributed by atoms with Crippen LogP contribution < -0.4 is 5.43 Å². The molecule has 1 aliphatic rings. The van der Waals surface area contributed by atoms with Gasteiger partial charge < -0.3 is 19.6 Å². The minimum Gasteiger partial charge on any atom is -0.427 e. The lowest BCUT2D eigenvalue weighted by atomic mass is 9.69. The molecular formula is C14H15BN2O3. The van der Waals surface area contributed by atoms with Crippen molar-refractivity contribution in [1.82, 2.24) is 9.55 Å². The van der Waals surface area contributed by atoms with Crippen LogP contribution in [0.2, 0.25) is 5.82 Å². The van der Waals surface area contributed by atoms with E-state index in [2.05, 4.69) is 4.98 Å². The molecule has 0 saturated heterocycles. The van der Waals surface area contributed by atoms with Crippen molar-refractivity contribution in [3.05, 3.63) is 58.6 Å². The van der Waals surface area contributed by atoms with Gasteiger partial charge in [0, 0.05) is 30.8 Å². The number of aromatic nitrogens is 2. The molecule has 5 nitrogen and oxygen atoms in total. The zero-order valence-electron chi connectivity index (χ0n) is 10.9. The third kappa shape index (κ3) is 2.35. The molecule has 0 aromatic carbocycles. The predicted molar refractivity (Wildman–Crippen MR) is 78.3 cm³/mol. The zero-order valence-corrected chi connectivity index (χ0v) is 10.9. The molecule has 0 aliphatic heterocycles. The molecule has 2 aromatic heterocycles. The Morgan fingerprint density at radius 1 is 1.40 bits per heavy atom. The Bertz CT molecular complexity index is 742. The topological polar surface area (TPSA) is 78.2 Å². The second-order valence-electron chi connectivity index (χ2n) is 5.00. The number of hydrogen-bond acceptors (Lipinski definition) is 3. The van der Waals surface area contributed by atoms with E-state index in [1.807, 2.05) is 35.1 Å². The number of nitrogens with one attached hydrogen (secondary N) is 1. The summed E-state index contributed by atoms with van der Waals surface area (Å²) in [6.07, 6.45) is 9.85. The predicted octanol–water partition coefficient (Wildman–Crippen LogP) is 1.06. The van der Waals surface area contributed by atoms with E-state index in [0.717, 1.165) is 11.2 Å². The van der Waals surface area contributed by atoms with E-state index in [4.69, 9.17) is 10.0 Å². The summed E-state index contributed by atoms with van der Waals surface area (Å²) in [4.78, 5) is 14.8. The molecule has 2 aromatic rings. The standard InChI is InChI=1S/C14H15BN2O3/c18-13-5-7-16-14-12(13)6-8-17(14)9-10-1-3-11(4-2-10)15(19)20/h1-3,5-8,11,19-20H,4,9H2,(H,16,18). The molecule has 0 saturated carbocycles. The van der Waals surface area contributed by atoms with Gasteiger partial charge in [0.2, 0.25) is 0 Å². The van der Waals surface area contributed by atoms with Crippen molar-refractivity contribution in [2.45, 2.75) is 18.8 Å². The van der Waals surface area contributed by atoms with Gasteiger partial charge in [-0.3, -0.25) is 4.79 Å². The SMILES string of the molecule is O=c1cc[nH]c2c1ccn2CC1=CCC(B(O)O)C=C1. The molecule has 0 bridgehead atoms. The maximum Gasteiger partial charge on any atom is 0.459 e. The highest BCUT2D eigenvalue weighted by Gasteiger charge is 2.21. The molecule has 1 aliphatic carbocycles. The minimum atomic E-state index is -1.31. The number of allylic oxidation sites excluding steroid dienone is 4. The Morgan fingerprint density at radius 3 is 2.95 bits per heavy atom. The van der Waals surface area contributed by atoms with Gasteiger partial charge in [-0.25, -0.2) is 0 Å². The molecule has 0 amide bonds. The van der Waals surface area contributed by atoms with Crippen molar-refractivity contribution in [3.63, 3.8) is 0 Å². The number of nitrogens with zero attached hydrogens (tertiary/aromatic N) is 1. The highest BCUT2D eigenvalue weighted by Crippen LogP contribution is 2.24. The van der Waals surface area contributed by atoms with Gasteiger partial charge in [0.15, 0.2) is 5.43 Å². The van der Waals surface area contributed by atoms with Gasteiger partial charge in [0.25, 0.3) is 0 Å². The van der Waals surface area contributed by atoms with Crippen LogP contribution in [0.3, 0.4) is 0 Å². The van der Waals surface area contributed by atoms with Crippen LogP contribution in [0.25, 0.3) is 11.0 Å². The summed E-state index contributed by atoms with van der Waals surface area (Å²) in [6.45, 7) is 0.647. The van der Waals surface area contributed by atoms with E-state index in [1.165, 1.54) is 6.07 Å². The number of fused-ring (bicyclic) bond motifs is 1. The second kappa shape index (κ2) is 5.15. The first-order valence-electron chi connectivity index (χ1n) is 6.55. The lowest BCUT2D eigenvalue weighted by Gasteiger charge is -2.15. The number of hydrogen-bond donors (Lipinski definition) is 3. The first kappa shape index (κ1) is 13.0. The van der Waals surface area contributed by atoms with Gasteiger partial charge in [0.1, 0.15) is 5.65 Å². The van der Waals surface area contributed by atoms with E-state index in [0.29, 0.717) is 18.4 Å². The van der Waals surface area contributed by atoms with Gasteiger partial charge in [-0.1, -0.05) is 18.2 Å². The molecule has 0 radical (unpaired) electrons. The van der Waals surface area contributed by atoms with Crippen LogP contribution in [0.15, 0.2) is 53.1 Å². The fourth-order valence-corrected chi connectivity index (χ4v) is 2.47. The van der Waals surface area contributed by atoms with Gasteiger partial charge in [-0.2, -0.15) is 0 Å². The summed E-state index contributed by atoms with van der Waals surface area (Å²) < 4.78 is 1.97. The number of pyridine rings is 1. The molecule has 102 valence electrons. The van der Waals surface area contributed by atoms with Gasteiger partial charge >= 0.3 is 7.12 Å². The number of aromatic amines is 1. The Balaban J connectivity index is 1.83. The van der Waals surface area contributed by atoms with Crippen molar-refractivity contribution >= 4 is 18.2 Å². The number of H-pyrrole nitrogens is 1. The van der Waals surface area contributed by atoms with Crippen molar-refractivity contribution in [3.8, 4) is 0 Å². The molecule has 6 heteroatoms. The normalized spacial score (nSPS) is 18.3. The van der Waals surface area contributed by atoms with Crippen LogP contribution in [0.1, 0.15) is 6.42 Å². The van der Waals surface area contributed by atoms with Crippen molar-refractivity contribution < 1.29 is 10.0 Å². The second-order valence-corrected chi connectivity index (χ2v) is 5.00. The summed E-state index contributed by atoms with van der Waals surface area (Å²) in [7, 11) is -1.31. The number of rotatable bonds is 3. The van der Waals surface area contributed by atoms with Crippen LogP contribution in [-0.2, 0) is 6.54 Å². The van der Waals surface area contributed by atoms with E-state index >= 15 is 0 Å². The van der Waals surface area contributed by atoms with Crippen molar-refractivity contribution in [2.75, 3.05) is 0 Å². The fourth-order valence-electron chi connectivity index (χ4n) is 2.47. The maximum atomic E-state index is 11.7. The molecule has 20 heavy (non-hydrogen) atoms. The molecule has 1 atom stereocenters. The Morgan fingerprint density at radius 2 is 2.25 bits per heavy atom. The molecule has 3 rings (SSSR count). The van der Waals surface area contributed by atoms with Gasteiger partial charge in [-0.15, -0.1) is 0 Å². The summed E-state index contributed by atoms with van der Waals surface area (Å²) in [5, 5.41) is 18.9. The van der Waals surface area contributed by atoms with Crippen molar-refractivity contribution in [2.24, 2.45) is 0 Å². The molecular weight excluding hydrogens is 255 g/mol. The quantitative estimate of drug-likeness (QED) is 0.730. The highest BCUT2D eigenvalue weighted by molar-refractivity contribution is 6.44. The Kier molecular flexibility index (Phi) is 3.34. The molecule has 2 heterocycles. The van der Waals surface area contributed by atoms with Crippen LogP contribution in [0, 0.1) is 0 Å². The van der Waals surface area contributed by atoms with Gasteiger partial charge in [0.05, 0.1) is 5.39 Å². The van der Waals surface area contributed by atoms with Crippen LogP contribution >= 0.6 is 0 Å². The summed E-state index contributed by atoms with van der Waals surface area (Å²) in [5.41, 5.74) is 1.90. The third-order valence-corrected chi connectivity index (χ3v) is 3.63. The molecule has 3 N–H and O–H groups in total. The van der Waals surface area contributed by atoms with E-state index < -0.39 is 7.12 Å². The molecule has 1 unspecified atom stereocenters. The average molecular weight is 270 g/mol. The van der Waals surface area contributed by atoms with Crippen molar-refractivity contribution in [1.29, 1.82) is 0 Å². The van der Waals surface area contributed by atoms with E-state index in [-0.39, 0.29) is 11.2 Å². The highest BCUT2D eigenvalue weighted by atomic mass is 16.4. The van der Waals surface area contributed by atoms with Gasteiger partial charge in [-0.05, 0) is 18.1 Å². The maximum absolute atomic E-state index is 11.7. The summed E-state index contributed by atoms with van der Waals surface area (Å²) in [5.74, 6) is -0.236. The summed E-state index contributed by atoms with van der Waals surface area (Å²) >= 11 is 0. The average Bonchev–Trinajstić information content (AvgIpc) is 2.84. The third-order valence-electron chi connectivity index (χ3n) is 3.63. The lowest BCUT2D eigenvalue weighted by molar-refractivity contribution is 0.394. The van der Waals surface area contributed by atoms with Crippen LogP contribution in [-0.4, -0.2) is 26.7 Å². The molecule has 0 fully saturated rings. The fraction of sp³-hybridized carbons (Fsp3) is 0.214. The Hall–Kier alpha value is -2.05. The lowest BCUT2D eigenvalue weighted by Crippen LogP contribution is -2.19. The monoisotopic (exact) mass is 270 g/mol.